The largest absolute Gasteiger partial charge is 0.469 e. The highest BCUT2D eigenvalue weighted by atomic mass is 32.2. The van der Waals surface area contributed by atoms with Gasteiger partial charge in [-0.05, 0) is 27.7 Å². The highest BCUT2D eigenvalue weighted by Gasteiger charge is 2.21. The Balaban J connectivity index is 2.74. The molecule has 1 atom stereocenters. The van der Waals surface area contributed by atoms with Crippen LogP contribution in [0, 0.1) is 0 Å². The van der Waals surface area contributed by atoms with Gasteiger partial charge in [0.15, 0.2) is 5.16 Å². The van der Waals surface area contributed by atoms with E-state index >= 15 is 0 Å². The Labute approximate surface area is 149 Å². The highest BCUT2D eigenvalue weighted by molar-refractivity contribution is 8.00. The summed E-state index contributed by atoms with van der Waals surface area (Å²) >= 11 is 0.964. The molecule has 0 spiro atoms. The second-order valence-electron chi connectivity index (χ2n) is 6.25. The van der Waals surface area contributed by atoms with Crippen LogP contribution in [0.25, 0.3) is 0 Å². The molecule has 0 aliphatic rings. The van der Waals surface area contributed by atoms with Crippen molar-refractivity contribution in [3.05, 3.63) is 22.1 Å². The lowest BCUT2D eigenvalue weighted by atomic mass is 10.1. The second-order valence-corrected chi connectivity index (χ2v) is 7.58. The number of methoxy groups -OCH3 is 1. The van der Waals surface area contributed by atoms with Gasteiger partial charge in [0.1, 0.15) is 0 Å². The van der Waals surface area contributed by atoms with Gasteiger partial charge in [-0.15, -0.1) is 0 Å². The molecule has 1 rings (SSSR count). The number of thioether (sulfide) groups is 1. The van der Waals surface area contributed by atoms with Crippen LogP contribution in [0.15, 0.2) is 16.0 Å². The third kappa shape index (κ3) is 7.84. The van der Waals surface area contributed by atoms with Crippen molar-refractivity contribution in [3.8, 4) is 0 Å². The van der Waals surface area contributed by atoms with E-state index in [4.69, 9.17) is 0 Å². The quantitative estimate of drug-likeness (QED) is 0.393. The summed E-state index contributed by atoms with van der Waals surface area (Å²) in [4.78, 5) is 53.3. The molecule has 0 bridgehead atoms. The summed E-state index contributed by atoms with van der Waals surface area (Å²) in [7, 11) is 1.24. The first kappa shape index (κ1) is 20.7. The van der Waals surface area contributed by atoms with Gasteiger partial charge < -0.3 is 15.0 Å². The van der Waals surface area contributed by atoms with Crippen LogP contribution >= 0.6 is 11.8 Å². The fourth-order valence-electron chi connectivity index (χ4n) is 1.66. The van der Waals surface area contributed by atoms with Crippen LogP contribution in [0.3, 0.4) is 0 Å². The third-order valence-corrected chi connectivity index (χ3v) is 3.69. The van der Waals surface area contributed by atoms with Crippen LogP contribution in [0.1, 0.15) is 33.4 Å². The van der Waals surface area contributed by atoms with Gasteiger partial charge in [0, 0.05) is 11.6 Å². The Morgan fingerprint density at radius 1 is 1.36 bits per heavy atom. The molecule has 0 aromatic carbocycles. The Hall–Kier alpha value is -2.36. The lowest BCUT2D eigenvalue weighted by Gasteiger charge is -2.21. The maximum absolute atomic E-state index is 12.1. The Morgan fingerprint density at radius 2 is 2.00 bits per heavy atom. The van der Waals surface area contributed by atoms with Gasteiger partial charge in [0.25, 0.3) is 5.56 Å². The number of aromatic amines is 1. The fraction of sp³-hybridized carbons (Fsp3) is 0.533. The van der Waals surface area contributed by atoms with Gasteiger partial charge in [-0.3, -0.25) is 19.7 Å². The Kier molecular flexibility index (Phi) is 7.16. The van der Waals surface area contributed by atoms with E-state index in [-0.39, 0.29) is 17.3 Å². The minimum atomic E-state index is -0.692. The first-order valence-electron chi connectivity index (χ1n) is 7.47. The van der Waals surface area contributed by atoms with E-state index in [0.717, 1.165) is 11.8 Å². The summed E-state index contributed by atoms with van der Waals surface area (Å²) in [5.74, 6) is -1.06. The fourth-order valence-corrected chi connectivity index (χ4v) is 2.49. The lowest BCUT2D eigenvalue weighted by molar-refractivity contribution is -0.139. The van der Waals surface area contributed by atoms with Gasteiger partial charge in [0.2, 0.25) is 5.91 Å². The van der Waals surface area contributed by atoms with Crippen LogP contribution in [0.4, 0.5) is 4.79 Å². The van der Waals surface area contributed by atoms with Crippen molar-refractivity contribution in [1.29, 1.82) is 0 Å². The number of aromatic nitrogens is 2. The summed E-state index contributed by atoms with van der Waals surface area (Å²) in [6.45, 7) is 6.93. The molecule has 1 aromatic rings. The molecule has 10 heteroatoms. The zero-order valence-corrected chi connectivity index (χ0v) is 15.6. The average molecular weight is 370 g/mol. The number of carbonyl (C=O) groups is 3. The van der Waals surface area contributed by atoms with Crippen molar-refractivity contribution in [2.75, 3.05) is 7.11 Å². The van der Waals surface area contributed by atoms with Crippen LogP contribution in [0.2, 0.25) is 0 Å². The monoisotopic (exact) mass is 370 g/mol. The molecule has 0 fully saturated rings. The number of ether oxygens (including phenoxy) is 1. The third-order valence-electron chi connectivity index (χ3n) is 2.71. The second kappa shape index (κ2) is 8.65. The summed E-state index contributed by atoms with van der Waals surface area (Å²) in [6.07, 6.45) is -0.150. The maximum atomic E-state index is 12.1. The molecule has 3 amide bonds. The number of hydrogen-bond acceptors (Lipinski definition) is 7. The molecule has 0 saturated heterocycles. The smallest absolute Gasteiger partial charge is 0.321 e. The zero-order chi connectivity index (χ0) is 19.2. The van der Waals surface area contributed by atoms with E-state index in [1.165, 1.54) is 13.2 Å². The normalized spacial score (nSPS) is 12.2. The van der Waals surface area contributed by atoms with Crippen molar-refractivity contribution >= 4 is 29.7 Å². The van der Waals surface area contributed by atoms with Crippen molar-refractivity contribution < 1.29 is 19.1 Å². The summed E-state index contributed by atoms with van der Waals surface area (Å²) in [5, 5.41) is 4.31. The number of H-pyrrole nitrogens is 1. The number of hydrogen-bond donors (Lipinski definition) is 3. The van der Waals surface area contributed by atoms with Gasteiger partial charge in [-0.25, -0.2) is 9.78 Å². The lowest BCUT2D eigenvalue weighted by Crippen LogP contribution is -2.49. The minimum Gasteiger partial charge on any atom is -0.469 e. The van der Waals surface area contributed by atoms with Crippen molar-refractivity contribution in [1.82, 2.24) is 20.6 Å². The van der Waals surface area contributed by atoms with Gasteiger partial charge in [-0.2, -0.15) is 0 Å². The highest BCUT2D eigenvalue weighted by Crippen LogP contribution is 2.18. The standard InChI is InChI=1S/C15H22N4O5S/c1-8(12(22)18-13(23)19-15(2,3)4)25-14-16-9(6-10(20)17-14)7-11(21)24-5/h6,8H,7H2,1-5H3,(H,16,17,20)(H2,18,19,22,23)/t8-/m1/s1. The number of esters is 1. The number of imide groups is 1. The van der Waals surface area contributed by atoms with Crippen LogP contribution in [0.5, 0.6) is 0 Å². The molecule has 0 unspecified atom stereocenters. The molecule has 0 aliphatic heterocycles. The Morgan fingerprint density at radius 3 is 2.56 bits per heavy atom. The predicted octanol–water partition coefficient (Wildman–Crippen LogP) is 0.590. The predicted molar refractivity (Wildman–Crippen MR) is 92.3 cm³/mol. The van der Waals surface area contributed by atoms with Gasteiger partial charge in [0.05, 0.1) is 24.5 Å². The van der Waals surface area contributed by atoms with E-state index in [2.05, 4.69) is 25.3 Å². The van der Waals surface area contributed by atoms with E-state index in [0.29, 0.717) is 0 Å². The van der Waals surface area contributed by atoms with Crippen molar-refractivity contribution in [2.45, 2.75) is 50.1 Å². The van der Waals surface area contributed by atoms with Crippen LogP contribution in [-0.2, 0) is 20.7 Å². The average Bonchev–Trinajstić information content (AvgIpc) is 2.44. The topological polar surface area (TPSA) is 130 Å². The molecule has 0 saturated carbocycles. The van der Waals surface area contributed by atoms with E-state index in [9.17, 15) is 19.2 Å². The van der Waals surface area contributed by atoms with Crippen LogP contribution < -0.4 is 16.2 Å². The van der Waals surface area contributed by atoms with E-state index in [1.54, 1.807) is 27.7 Å². The molecular formula is C15H22N4O5S. The number of rotatable bonds is 5. The van der Waals surface area contributed by atoms with Gasteiger partial charge >= 0.3 is 12.0 Å². The number of amides is 3. The molecule has 138 valence electrons. The van der Waals surface area contributed by atoms with Crippen molar-refractivity contribution in [2.24, 2.45) is 0 Å². The molecule has 1 heterocycles. The number of carbonyl (C=O) groups excluding carboxylic acids is 3. The molecule has 0 radical (unpaired) electrons. The summed E-state index contributed by atoms with van der Waals surface area (Å²) < 4.78 is 4.53. The van der Waals surface area contributed by atoms with Crippen molar-refractivity contribution in [3.63, 3.8) is 0 Å². The molecular weight excluding hydrogens is 348 g/mol. The maximum Gasteiger partial charge on any atom is 0.321 e. The molecule has 25 heavy (non-hydrogen) atoms. The first-order chi connectivity index (χ1) is 11.5. The van der Waals surface area contributed by atoms with E-state index in [1.807, 2.05) is 0 Å². The molecule has 9 nitrogen and oxygen atoms in total. The number of urea groups is 1. The number of nitrogens with one attached hydrogen (secondary N) is 3. The van der Waals surface area contributed by atoms with Crippen LogP contribution in [-0.4, -0.2) is 45.8 Å². The molecule has 0 aliphatic carbocycles. The first-order valence-corrected chi connectivity index (χ1v) is 8.35. The SMILES string of the molecule is COC(=O)Cc1cc(=O)[nH]c(S[C@H](C)C(=O)NC(=O)NC(C)(C)C)n1. The van der Waals surface area contributed by atoms with E-state index < -0.39 is 34.3 Å². The summed E-state index contributed by atoms with van der Waals surface area (Å²) in [6, 6.07) is 0.577. The van der Waals surface area contributed by atoms with Gasteiger partial charge in [-0.1, -0.05) is 11.8 Å². The molecule has 1 aromatic heterocycles. The Bertz CT molecular complexity index is 711. The molecule has 3 N–H and O–H groups in total. The summed E-state index contributed by atoms with van der Waals surface area (Å²) in [5.41, 5.74) is -0.693. The number of nitrogens with zero attached hydrogens (tertiary/aromatic N) is 1. The zero-order valence-electron chi connectivity index (χ0n) is 14.8. The minimum absolute atomic E-state index is 0.150.